The molecule has 0 N–H and O–H groups in total. The highest BCUT2D eigenvalue weighted by Gasteiger charge is 2.27. The molecule has 0 bridgehead atoms. The Balaban J connectivity index is 1.39. The molecule has 9 aromatic rings. The molecule has 0 unspecified atom stereocenters. The summed E-state index contributed by atoms with van der Waals surface area (Å²) >= 11 is 0. The monoisotopic (exact) mass is 615 g/mol. The van der Waals surface area contributed by atoms with E-state index in [4.69, 9.17) is 4.74 Å². The second-order valence-electron chi connectivity index (χ2n) is 12.4. The van der Waals surface area contributed by atoms with Crippen molar-refractivity contribution in [3.8, 4) is 56.0 Å². The Morgan fingerprint density at radius 2 is 0.729 bits per heavy atom. The molecule has 0 saturated carbocycles. The predicted molar refractivity (Wildman–Crippen MR) is 195 cm³/mol. The van der Waals surface area contributed by atoms with E-state index in [1.807, 2.05) is 127 Å². The molecule has 2 aromatic heterocycles. The van der Waals surface area contributed by atoms with Gasteiger partial charge in [0, 0.05) is 10.8 Å². The van der Waals surface area contributed by atoms with Gasteiger partial charge in [0.15, 0.2) is 22.4 Å². The summed E-state index contributed by atoms with van der Waals surface area (Å²) < 4.78 is 8.78. The van der Waals surface area contributed by atoms with Crippen LogP contribution in [0.3, 0.4) is 0 Å². The Morgan fingerprint density at radius 3 is 1.21 bits per heavy atom. The number of benzene rings is 7. The minimum atomic E-state index is -0.125. The fourth-order valence-electron chi connectivity index (χ4n) is 7.50. The molecule has 0 saturated heterocycles. The fourth-order valence-corrected chi connectivity index (χ4v) is 7.50. The van der Waals surface area contributed by atoms with E-state index in [-0.39, 0.29) is 10.9 Å². The number of aromatic nitrogens is 1. The lowest BCUT2D eigenvalue weighted by atomic mass is 9.91. The maximum Gasteiger partial charge on any atom is 0.197 e. The average Bonchev–Trinajstić information content (AvgIpc) is 3.15. The van der Waals surface area contributed by atoms with Gasteiger partial charge in [0.2, 0.25) is 0 Å². The van der Waals surface area contributed by atoms with Crippen LogP contribution in [0.25, 0.3) is 82.6 Å². The topological polar surface area (TPSA) is 47.8 Å². The summed E-state index contributed by atoms with van der Waals surface area (Å²) in [5.41, 5.74) is 9.37. The highest BCUT2D eigenvalue weighted by Crippen LogP contribution is 2.45. The lowest BCUT2D eigenvalue weighted by Crippen LogP contribution is -2.17. The first-order valence-electron chi connectivity index (χ1n) is 16.0. The van der Waals surface area contributed by atoms with Crippen LogP contribution in [0.2, 0.25) is 0 Å². The Bertz CT molecular complexity index is 2730. The van der Waals surface area contributed by atoms with Crippen LogP contribution in [0.5, 0.6) is 11.5 Å². The Kier molecular flexibility index (Phi) is 5.55. The minimum absolute atomic E-state index is 0.125. The smallest absolute Gasteiger partial charge is 0.197 e. The zero-order valence-corrected chi connectivity index (χ0v) is 25.6. The van der Waals surface area contributed by atoms with Crippen molar-refractivity contribution in [2.75, 3.05) is 0 Å². The largest absolute Gasteiger partial charge is 0.453 e. The highest BCUT2D eigenvalue weighted by atomic mass is 16.5. The van der Waals surface area contributed by atoms with Crippen LogP contribution in [-0.4, -0.2) is 4.40 Å². The maximum absolute atomic E-state index is 14.7. The van der Waals surface area contributed by atoms with Crippen LogP contribution in [0.15, 0.2) is 161 Å². The van der Waals surface area contributed by atoms with Crippen molar-refractivity contribution in [3.05, 3.63) is 172 Å². The van der Waals surface area contributed by atoms with Crippen LogP contribution in [0, 0.1) is 0 Å². The highest BCUT2D eigenvalue weighted by molar-refractivity contribution is 6.13. The summed E-state index contributed by atoms with van der Waals surface area (Å²) in [5, 5.41) is 2.12. The molecular formula is C44H25NO3. The van der Waals surface area contributed by atoms with Crippen LogP contribution in [0.1, 0.15) is 0 Å². The third-order valence-electron chi connectivity index (χ3n) is 9.67. The summed E-state index contributed by atoms with van der Waals surface area (Å²) in [6.07, 6.45) is 0. The van der Waals surface area contributed by atoms with Gasteiger partial charge in [-0.3, -0.25) is 9.59 Å². The third-order valence-corrected chi connectivity index (χ3v) is 9.67. The van der Waals surface area contributed by atoms with Crippen LogP contribution in [-0.2, 0) is 0 Å². The zero-order chi connectivity index (χ0) is 31.9. The van der Waals surface area contributed by atoms with Crippen LogP contribution in [0.4, 0.5) is 0 Å². The van der Waals surface area contributed by atoms with Crippen LogP contribution < -0.4 is 15.6 Å². The van der Waals surface area contributed by atoms with Crippen molar-refractivity contribution < 1.29 is 4.74 Å². The molecule has 3 heterocycles. The van der Waals surface area contributed by atoms with Gasteiger partial charge < -0.3 is 9.14 Å². The van der Waals surface area contributed by atoms with E-state index in [1.165, 1.54) is 0 Å². The quantitative estimate of drug-likeness (QED) is 0.146. The van der Waals surface area contributed by atoms with E-state index in [2.05, 4.69) is 28.7 Å². The van der Waals surface area contributed by atoms with Gasteiger partial charge in [-0.1, -0.05) is 115 Å². The zero-order valence-electron chi connectivity index (χ0n) is 25.6. The minimum Gasteiger partial charge on any atom is -0.453 e. The molecule has 4 nitrogen and oxygen atoms in total. The molecule has 4 heteroatoms. The molecule has 0 spiro atoms. The summed E-state index contributed by atoms with van der Waals surface area (Å²) in [4.78, 5) is 29.4. The lowest BCUT2D eigenvalue weighted by molar-refractivity contribution is 0.486. The number of rotatable bonds is 4. The second-order valence-corrected chi connectivity index (χ2v) is 12.4. The van der Waals surface area contributed by atoms with Gasteiger partial charge in [-0.2, -0.15) is 0 Å². The van der Waals surface area contributed by atoms with E-state index in [9.17, 15) is 9.59 Å². The van der Waals surface area contributed by atoms with E-state index in [0.29, 0.717) is 49.6 Å². The molecule has 224 valence electrons. The molecule has 48 heavy (non-hydrogen) atoms. The van der Waals surface area contributed by atoms with E-state index in [1.54, 1.807) is 0 Å². The number of hydrogen-bond acceptors (Lipinski definition) is 3. The molecule has 0 amide bonds. The van der Waals surface area contributed by atoms with Gasteiger partial charge in [-0.25, -0.2) is 0 Å². The fraction of sp³-hybridized carbons (Fsp3) is 0. The molecule has 1 aliphatic heterocycles. The molecule has 10 rings (SSSR count). The first-order valence-corrected chi connectivity index (χ1v) is 16.0. The number of ether oxygens (including phenoxy) is 1. The van der Waals surface area contributed by atoms with Gasteiger partial charge in [-0.05, 0) is 80.9 Å². The Hall–Kier alpha value is -6.52. The number of hydrogen-bond donors (Lipinski definition) is 0. The molecular weight excluding hydrogens is 590 g/mol. The van der Waals surface area contributed by atoms with Crippen molar-refractivity contribution in [2.45, 2.75) is 0 Å². The second kappa shape index (κ2) is 9.99. The van der Waals surface area contributed by atoms with E-state index in [0.717, 1.165) is 44.5 Å². The normalized spacial score (nSPS) is 12.1. The Labute approximate surface area is 274 Å². The van der Waals surface area contributed by atoms with E-state index >= 15 is 0 Å². The first kappa shape index (κ1) is 26.7. The van der Waals surface area contributed by atoms with Crippen molar-refractivity contribution >= 4 is 38.1 Å². The first-order chi connectivity index (χ1) is 23.6. The van der Waals surface area contributed by atoms with Gasteiger partial charge in [-0.15, -0.1) is 0 Å². The molecule has 7 aromatic carbocycles. The predicted octanol–water partition coefficient (Wildman–Crippen LogP) is 10.3. The van der Waals surface area contributed by atoms with E-state index < -0.39 is 0 Å². The maximum atomic E-state index is 14.7. The van der Waals surface area contributed by atoms with Crippen LogP contribution >= 0.6 is 0 Å². The molecule has 0 aliphatic carbocycles. The average molecular weight is 616 g/mol. The molecule has 0 radical (unpaired) electrons. The van der Waals surface area contributed by atoms with Gasteiger partial charge >= 0.3 is 0 Å². The number of nitrogens with zero attached hydrogens (tertiary/aromatic N) is 1. The molecule has 0 fully saturated rings. The summed E-state index contributed by atoms with van der Waals surface area (Å²) in [6, 6.07) is 50.3. The van der Waals surface area contributed by atoms with Gasteiger partial charge in [0.1, 0.15) is 11.0 Å². The third kappa shape index (κ3) is 3.77. The molecule has 1 aliphatic rings. The molecule has 0 atom stereocenters. The lowest BCUT2D eigenvalue weighted by Gasteiger charge is -2.25. The van der Waals surface area contributed by atoms with Crippen molar-refractivity contribution in [2.24, 2.45) is 0 Å². The van der Waals surface area contributed by atoms with Gasteiger partial charge in [0.05, 0.1) is 16.3 Å². The van der Waals surface area contributed by atoms with Gasteiger partial charge in [0.25, 0.3) is 0 Å². The SMILES string of the molecule is O=c1c2cc(-c3ccccc3)cc3c2n2c4c(cc(-c5ccccc5)cc4c(=O)c4cc(-c5ccccc5-c5ccccc5)cc1c42)O3. The summed E-state index contributed by atoms with van der Waals surface area (Å²) in [7, 11) is 0. The van der Waals surface area contributed by atoms with Crippen molar-refractivity contribution in [1.82, 2.24) is 4.40 Å². The van der Waals surface area contributed by atoms with Crippen molar-refractivity contribution in [3.63, 3.8) is 0 Å². The van der Waals surface area contributed by atoms with Crippen molar-refractivity contribution in [1.29, 1.82) is 0 Å². The summed E-state index contributed by atoms with van der Waals surface area (Å²) in [5.74, 6) is 1.18. The Morgan fingerprint density at radius 1 is 0.354 bits per heavy atom. The standard InChI is InChI=1S/C44H25NO3/c46-43-34-22-31(33-19-11-10-18-32(33)28-16-8-3-9-17-28)23-35-40(34)45-41-36(43)20-29(26-12-4-1-5-13-26)24-38(41)48-39-25-30(27-14-6-2-7-15-27)21-37(42(39)45)44(35)47/h1-25H. The summed E-state index contributed by atoms with van der Waals surface area (Å²) in [6.45, 7) is 0. The number of pyridine rings is 2.